The first-order valence-corrected chi connectivity index (χ1v) is 10.6. The minimum absolute atomic E-state index is 0.119. The van der Waals surface area contributed by atoms with Crippen LogP contribution < -0.4 is 19.1 Å². The minimum atomic E-state index is -0.613. The number of anilines is 1. The van der Waals surface area contributed by atoms with Gasteiger partial charge in [0.15, 0.2) is 11.5 Å². The Labute approximate surface area is 196 Å². The van der Waals surface area contributed by atoms with Gasteiger partial charge in [0.25, 0.3) is 11.6 Å². The number of piperazine rings is 1. The number of hydrogen-bond donors (Lipinski definition) is 0. The molecule has 1 amide bonds. The van der Waals surface area contributed by atoms with Gasteiger partial charge in [0, 0.05) is 37.8 Å². The first kappa shape index (κ1) is 24.6. The van der Waals surface area contributed by atoms with Gasteiger partial charge in [-0.05, 0) is 31.2 Å². The van der Waals surface area contributed by atoms with Crippen molar-refractivity contribution in [1.82, 2.24) is 4.90 Å². The molecule has 1 aliphatic rings. The van der Waals surface area contributed by atoms with Gasteiger partial charge in [-0.3, -0.25) is 14.9 Å². The monoisotopic (exact) mass is 473 g/mol. The molecule has 1 fully saturated rings. The lowest BCUT2D eigenvalue weighted by molar-refractivity contribution is -0.384. The number of nitro groups is 1. The van der Waals surface area contributed by atoms with Crippen LogP contribution in [0.25, 0.3) is 0 Å². The molecule has 11 nitrogen and oxygen atoms in total. The van der Waals surface area contributed by atoms with Gasteiger partial charge in [0.2, 0.25) is 5.75 Å². The van der Waals surface area contributed by atoms with E-state index in [9.17, 15) is 19.7 Å². The van der Waals surface area contributed by atoms with Crippen molar-refractivity contribution in [3.05, 3.63) is 51.6 Å². The number of methoxy groups -OCH3 is 3. The molecule has 0 spiro atoms. The summed E-state index contributed by atoms with van der Waals surface area (Å²) in [6, 6.07) is 7.46. The molecule has 2 aromatic carbocycles. The zero-order valence-corrected chi connectivity index (χ0v) is 19.5. The van der Waals surface area contributed by atoms with Crippen LogP contribution in [0.5, 0.6) is 17.2 Å². The van der Waals surface area contributed by atoms with Crippen molar-refractivity contribution in [1.29, 1.82) is 0 Å². The molecule has 2 aromatic rings. The zero-order chi connectivity index (χ0) is 24.8. The highest BCUT2D eigenvalue weighted by atomic mass is 16.6. The molecule has 182 valence electrons. The standard InChI is InChI=1S/C23H27N3O8/c1-5-34-23(28)15-6-7-17(18(12-15)26(29)30)24-8-10-25(11-9-24)22(27)16-13-19(31-2)21(33-4)20(14-16)32-3/h6-7,12-14H,5,8-11H2,1-4H3. The van der Waals surface area contributed by atoms with Crippen LogP contribution in [0.1, 0.15) is 27.6 Å². The zero-order valence-electron chi connectivity index (χ0n) is 19.5. The summed E-state index contributed by atoms with van der Waals surface area (Å²) in [6.07, 6.45) is 0. The maximum absolute atomic E-state index is 13.1. The molecule has 0 bridgehead atoms. The predicted molar refractivity (Wildman–Crippen MR) is 123 cm³/mol. The molecule has 0 saturated carbocycles. The van der Waals surface area contributed by atoms with Crippen molar-refractivity contribution in [2.75, 3.05) is 59.0 Å². The number of benzene rings is 2. The van der Waals surface area contributed by atoms with E-state index in [-0.39, 0.29) is 23.8 Å². The highest BCUT2D eigenvalue weighted by Crippen LogP contribution is 2.38. The van der Waals surface area contributed by atoms with Gasteiger partial charge in [0.1, 0.15) is 5.69 Å². The van der Waals surface area contributed by atoms with E-state index >= 15 is 0 Å². The Morgan fingerprint density at radius 2 is 1.56 bits per heavy atom. The summed E-state index contributed by atoms with van der Waals surface area (Å²) >= 11 is 0. The quantitative estimate of drug-likeness (QED) is 0.324. The fourth-order valence-corrected chi connectivity index (χ4v) is 3.82. The minimum Gasteiger partial charge on any atom is -0.493 e. The topological polar surface area (TPSA) is 121 Å². The molecule has 0 atom stereocenters. The van der Waals surface area contributed by atoms with Crippen LogP contribution in [0.2, 0.25) is 0 Å². The molecule has 0 unspecified atom stereocenters. The molecule has 3 rings (SSSR count). The number of ether oxygens (including phenoxy) is 4. The number of hydrogen-bond acceptors (Lipinski definition) is 9. The van der Waals surface area contributed by atoms with Gasteiger partial charge in [-0.1, -0.05) is 0 Å². The first-order chi connectivity index (χ1) is 16.3. The van der Waals surface area contributed by atoms with Gasteiger partial charge >= 0.3 is 5.97 Å². The fourth-order valence-electron chi connectivity index (χ4n) is 3.82. The van der Waals surface area contributed by atoms with E-state index in [0.717, 1.165) is 0 Å². The van der Waals surface area contributed by atoms with E-state index in [2.05, 4.69) is 0 Å². The van der Waals surface area contributed by atoms with Crippen LogP contribution in [0.4, 0.5) is 11.4 Å². The molecule has 1 saturated heterocycles. The fraction of sp³-hybridized carbons (Fsp3) is 0.391. The number of nitro benzene ring substituents is 1. The number of carbonyl (C=O) groups is 2. The molecule has 11 heteroatoms. The van der Waals surface area contributed by atoms with Crippen LogP contribution in [-0.4, -0.2) is 75.8 Å². The molecule has 0 aliphatic carbocycles. The lowest BCUT2D eigenvalue weighted by Gasteiger charge is -2.36. The molecular formula is C23H27N3O8. The summed E-state index contributed by atoms with van der Waals surface area (Å²) in [5.41, 5.74) is 0.703. The Morgan fingerprint density at radius 3 is 2.06 bits per heavy atom. The van der Waals surface area contributed by atoms with Crippen molar-refractivity contribution in [2.45, 2.75) is 6.92 Å². The van der Waals surface area contributed by atoms with Crippen molar-refractivity contribution in [3.63, 3.8) is 0 Å². The maximum Gasteiger partial charge on any atom is 0.338 e. The summed E-state index contributed by atoms with van der Waals surface area (Å²) in [4.78, 5) is 39.7. The van der Waals surface area contributed by atoms with Crippen LogP contribution in [-0.2, 0) is 4.74 Å². The van der Waals surface area contributed by atoms with Crippen LogP contribution >= 0.6 is 0 Å². The van der Waals surface area contributed by atoms with Crippen molar-refractivity contribution in [2.24, 2.45) is 0 Å². The van der Waals surface area contributed by atoms with E-state index in [1.54, 1.807) is 30.0 Å². The van der Waals surface area contributed by atoms with Gasteiger partial charge in [-0.15, -0.1) is 0 Å². The average molecular weight is 473 g/mol. The van der Waals surface area contributed by atoms with Gasteiger partial charge < -0.3 is 28.7 Å². The van der Waals surface area contributed by atoms with Gasteiger partial charge in [-0.25, -0.2) is 4.79 Å². The second-order valence-corrected chi connectivity index (χ2v) is 7.37. The van der Waals surface area contributed by atoms with Crippen molar-refractivity contribution in [3.8, 4) is 17.2 Å². The SMILES string of the molecule is CCOC(=O)c1ccc(N2CCN(C(=O)c3cc(OC)c(OC)c(OC)c3)CC2)c([N+](=O)[O-])c1. The summed E-state index contributed by atoms with van der Waals surface area (Å²) in [5.74, 6) is 0.316. The maximum atomic E-state index is 13.1. The molecule has 1 heterocycles. The van der Waals surface area contributed by atoms with Crippen molar-refractivity contribution >= 4 is 23.3 Å². The van der Waals surface area contributed by atoms with E-state index in [0.29, 0.717) is 54.7 Å². The molecule has 0 aromatic heterocycles. The molecule has 0 radical (unpaired) electrons. The Morgan fingerprint density at radius 1 is 0.941 bits per heavy atom. The largest absolute Gasteiger partial charge is 0.493 e. The number of rotatable bonds is 8. The highest BCUT2D eigenvalue weighted by Gasteiger charge is 2.28. The first-order valence-electron chi connectivity index (χ1n) is 10.6. The molecule has 0 N–H and O–H groups in total. The third-order valence-electron chi connectivity index (χ3n) is 5.50. The predicted octanol–water partition coefficient (Wildman–Crippen LogP) is 2.76. The van der Waals surface area contributed by atoms with Gasteiger partial charge in [-0.2, -0.15) is 0 Å². The molecular weight excluding hydrogens is 446 g/mol. The number of amides is 1. The van der Waals surface area contributed by atoms with Gasteiger partial charge in [0.05, 0.1) is 38.4 Å². The van der Waals surface area contributed by atoms with Crippen LogP contribution in [0, 0.1) is 10.1 Å². The van der Waals surface area contributed by atoms with E-state index in [1.807, 2.05) is 4.90 Å². The third kappa shape index (κ3) is 4.98. The highest BCUT2D eigenvalue weighted by molar-refractivity contribution is 5.96. The summed E-state index contributed by atoms with van der Waals surface area (Å²) in [7, 11) is 4.44. The van der Waals surface area contributed by atoms with Crippen molar-refractivity contribution < 1.29 is 33.5 Å². The third-order valence-corrected chi connectivity index (χ3v) is 5.50. The molecule has 34 heavy (non-hydrogen) atoms. The average Bonchev–Trinajstić information content (AvgIpc) is 2.87. The Hall–Kier alpha value is -4.02. The van der Waals surface area contributed by atoms with E-state index in [4.69, 9.17) is 18.9 Å². The Bertz CT molecular complexity index is 1050. The summed E-state index contributed by atoms with van der Waals surface area (Å²) in [5, 5.41) is 11.7. The second kappa shape index (κ2) is 10.7. The number of esters is 1. The van der Waals surface area contributed by atoms with E-state index in [1.165, 1.54) is 33.5 Å². The smallest absolute Gasteiger partial charge is 0.338 e. The Balaban J connectivity index is 1.77. The summed E-state index contributed by atoms with van der Waals surface area (Å²) < 4.78 is 20.9. The van der Waals surface area contributed by atoms with Crippen LogP contribution in [0.3, 0.4) is 0 Å². The lowest BCUT2D eigenvalue weighted by Crippen LogP contribution is -2.49. The normalized spacial score (nSPS) is 13.3. The number of nitrogens with zero attached hydrogens (tertiary/aromatic N) is 3. The lowest BCUT2D eigenvalue weighted by atomic mass is 10.1. The summed E-state index contributed by atoms with van der Waals surface area (Å²) in [6.45, 7) is 3.32. The number of carbonyl (C=O) groups excluding carboxylic acids is 2. The second-order valence-electron chi connectivity index (χ2n) is 7.37. The van der Waals surface area contributed by atoms with E-state index < -0.39 is 10.9 Å². The van der Waals surface area contributed by atoms with Crippen LogP contribution in [0.15, 0.2) is 30.3 Å². The Kier molecular flexibility index (Phi) is 7.77. The molecule has 1 aliphatic heterocycles.